The molecule has 2 aliphatic rings. The van der Waals surface area contributed by atoms with Crippen LogP contribution in [0.25, 0.3) is 0 Å². The molecule has 6 nitrogen and oxygen atoms in total. The van der Waals surface area contributed by atoms with Gasteiger partial charge in [-0.05, 0) is 18.2 Å². The van der Waals surface area contributed by atoms with Crippen LogP contribution in [0.4, 0.5) is 0 Å². The first-order valence-corrected chi connectivity index (χ1v) is 6.15. The van der Waals surface area contributed by atoms with Gasteiger partial charge in [0, 0.05) is 18.7 Å². The van der Waals surface area contributed by atoms with Gasteiger partial charge in [-0.2, -0.15) is 0 Å². The van der Waals surface area contributed by atoms with Crippen LogP contribution < -0.4 is 9.47 Å². The average Bonchev–Trinajstić information content (AvgIpc) is 2.96. The second-order valence-corrected chi connectivity index (χ2v) is 4.82. The van der Waals surface area contributed by atoms with Crippen molar-refractivity contribution >= 4 is 5.78 Å². The van der Waals surface area contributed by atoms with Gasteiger partial charge in [0.05, 0.1) is 18.8 Å². The van der Waals surface area contributed by atoms with Gasteiger partial charge in [0.1, 0.15) is 0 Å². The number of fused-ring (bicyclic) bond motifs is 1. The molecule has 2 N–H and O–H groups in total. The number of hydrogen-bond acceptors (Lipinski definition) is 6. The molecule has 1 saturated heterocycles. The highest BCUT2D eigenvalue weighted by Crippen LogP contribution is 2.32. The Balaban J connectivity index is 1.68. The Morgan fingerprint density at radius 2 is 1.89 bits per heavy atom. The van der Waals surface area contributed by atoms with E-state index in [-0.39, 0.29) is 19.1 Å². The lowest BCUT2D eigenvalue weighted by atomic mass is 10.1. The molecule has 2 aliphatic heterocycles. The molecule has 1 aromatic carbocycles. The smallest absolute Gasteiger partial charge is 0.231 e. The molecule has 2 heterocycles. The van der Waals surface area contributed by atoms with Gasteiger partial charge in [0.2, 0.25) is 6.79 Å². The van der Waals surface area contributed by atoms with Crippen molar-refractivity contribution < 1.29 is 24.5 Å². The topological polar surface area (TPSA) is 79.2 Å². The van der Waals surface area contributed by atoms with Crippen LogP contribution in [0.1, 0.15) is 10.4 Å². The maximum Gasteiger partial charge on any atom is 0.231 e. The Kier molecular flexibility index (Phi) is 3.14. The third-order valence-electron chi connectivity index (χ3n) is 3.40. The van der Waals surface area contributed by atoms with Crippen molar-refractivity contribution in [2.45, 2.75) is 12.2 Å². The fraction of sp³-hybridized carbons (Fsp3) is 0.462. The van der Waals surface area contributed by atoms with Gasteiger partial charge in [-0.1, -0.05) is 0 Å². The minimum atomic E-state index is -0.774. The van der Waals surface area contributed by atoms with Gasteiger partial charge < -0.3 is 19.7 Å². The van der Waals surface area contributed by atoms with E-state index in [1.54, 1.807) is 23.1 Å². The summed E-state index contributed by atoms with van der Waals surface area (Å²) in [5.41, 5.74) is 0.542. The van der Waals surface area contributed by atoms with Gasteiger partial charge in [-0.25, -0.2) is 0 Å². The Bertz CT molecular complexity index is 494. The normalized spacial score (nSPS) is 25.8. The van der Waals surface area contributed by atoms with E-state index in [0.717, 1.165) is 0 Å². The Hall–Kier alpha value is -1.63. The monoisotopic (exact) mass is 265 g/mol. The van der Waals surface area contributed by atoms with Gasteiger partial charge >= 0.3 is 0 Å². The zero-order chi connectivity index (χ0) is 13.4. The fourth-order valence-corrected chi connectivity index (χ4v) is 2.34. The minimum Gasteiger partial charge on any atom is -0.454 e. The number of carbonyl (C=O) groups excluding carboxylic acids is 1. The maximum atomic E-state index is 12.1. The molecule has 2 atom stereocenters. The first kappa shape index (κ1) is 12.4. The molecule has 0 aliphatic carbocycles. The molecule has 19 heavy (non-hydrogen) atoms. The zero-order valence-corrected chi connectivity index (χ0v) is 10.3. The van der Waals surface area contributed by atoms with Crippen LogP contribution in [0.3, 0.4) is 0 Å². The van der Waals surface area contributed by atoms with Gasteiger partial charge in [0.25, 0.3) is 0 Å². The van der Waals surface area contributed by atoms with E-state index in [4.69, 9.17) is 9.47 Å². The SMILES string of the molecule is O=C(CN1CC(O)C(O)C1)c1ccc2c(c1)OCO2. The number of rotatable bonds is 3. The summed E-state index contributed by atoms with van der Waals surface area (Å²) >= 11 is 0. The number of Topliss-reactive ketones (excluding diaryl/α,β-unsaturated/α-hetero) is 1. The minimum absolute atomic E-state index is 0.0698. The number of ether oxygens (including phenoxy) is 2. The third kappa shape index (κ3) is 2.42. The van der Waals surface area contributed by atoms with Crippen LogP contribution >= 0.6 is 0 Å². The van der Waals surface area contributed by atoms with Crippen LogP contribution in [-0.4, -0.2) is 59.5 Å². The van der Waals surface area contributed by atoms with Crippen molar-refractivity contribution in [3.8, 4) is 11.5 Å². The van der Waals surface area contributed by atoms with Crippen LogP contribution in [-0.2, 0) is 0 Å². The average molecular weight is 265 g/mol. The maximum absolute atomic E-state index is 12.1. The molecular formula is C13H15NO5. The van der Waals surface area contributed by atoms with Gasteiger partial charge in [-0.15, -0.1) is 0 Å². The second kappa shape index (κ2) is 4.80. The standard InChI is InChI=1S/C13H15NO5/c15-9(4-14-5-10(16)11(17)6-14)8-1-2-12-13(3-8)19-7-18-12/h1-3,10-11,16-17H,4-7H2. The predicted molar refractivity (Wildman–Crippen MR) is 65.3 cm³/mol. The molecule has 3 rings (SSSR count). The number of aliphatic hydroxyl groups is 2. The van der Waals surface area contributed by atoms with Crippen molar-refractivity contribution in [2.75, 3.05) is 26.4 Å². The first-order chi connectivity index (χ1) is 9.13. The Morgan fingerprint density at radius 3 is 2.63 bits per heavy atom. The number of β-amino-alcohol motifs (C(OH)–C–C–N with tert-alkyl or cyclic N) is 2. The van der Waals surface area contributed by atoms with Crippen molar-refractivity contribution in [3.05, 3.63) is 23.8 Å². The molecule has 1 fully saturated rings. The highest BCUT2D eigenvalue weighted by Gasteiger charge is 2.30. The van der Waals surface area contributed by atoms with Crippen molar-refractivity contribution in [3.63, 3.8) is 0 Å². The molecule has 102 valence electrons. The highest BCUT2D eigenvalue weighted by atomic mass is 16.7. The quantitative estimate of drug-likeness (QED) is 0.726. The molecule has 0 amide bonds. The number of ketones is 1. The molecule has 6 heteroatoms. The number of benzene rings is 1. The third-order valence-corrected chi connectivity index (χ3v) is 3.40. The molecule has 1 aromatic rings. The summed E-state index contributed by atoms with van der Waals surface area (Å²) in [5.74, 6) is 1.15. The molecule has 0 radical (unpaired) electrons. The molecule has 2 unspecified atom stereocenters. The lowest BCUT2D eigenvalue weighted by Crippen LogP contribution is -2.28. The van der Waals surface area contributed by atoms with Crippen LogP contribution in [0, 0.1) is 0 Å². The van der Waals surface area contributed by atoms with Crippen molar-refractivity contribution in [1.29, 1.82) is 0 Å². The summed E-state index contributed by atoms with van der Waals surface area (Å²) in [4.78, 5) is 13.9. The summed E-state index contributed by atoms with van der Waals surface area (Å²) in [7, 11) is 0. The van der Waals surface area contributed by atoms with E-state index in [0.29, 0.717) is 30.2 Å². The molecule has 0 spiro atoms. The van der Waals surface area contributed by atoms with Gasteiger partial charge in [-0.3, -0.25) is 9.69 Å². The number of nitrogens with zero attached hydrogens (tertiary/aromatic N) is 1. The summed E-state index contributed by atoms with van der Waals surface area (Å²) in [6.07, 6.45) is -1.55. The molecule has 0 bridgehead atoms. The fourth-order valence-electron chi connectivity index (χ4n) is 2.34. The van der Waals surface area contributed by atoms with Crippen molar-refractivity contribution in [1.82, 2.24) is 4.90 Å². The Labute approximate surface area is 110 Å². The lowest BCUT2D eigenvalue weighted by molar-refractivity contribution is 0.0572. The van der Waals surface area contributed by atoms with Crippen LogP contribution in [0.2, 0.25) is 0 Å². The number of likely N-dealkylation sites (tertiary alicyclic amines) is 1. The molecule has 0 aromatic heterocycles. The van der Waals surface area contributed by atoms with Gasteiger partial charge in [0.15, 0.2) is 17.3 Å². The summed E-state index contributed by atoms with van der Waals surface area (Å²) in [5, 5.41) is 18.9. The lowest BCUT2D eigenvalue weighted by Gasteiger charge is -2.13. The van der Waals surface area contributed by atoms with Crippen LogP contribution in [0.5, 0.6) is 11.5 Å². The molecule has 0 saturated carbocycles. The van der Waals surface area contributed by atoms with E-state index >= 15 is 0 Å². The second-order valence-electron chi connectivity index (χ2n) is 4.82. The number of aliphatic hydroxyl groups excluding tert-OH is 2. The van der Waals surface area contributed by atoms with E-state index in [9.17, 15) is 15.0 Å². The zero-order valence-electron chi connectivity index (χ0n) is 10.3. The number of hydrogen-bond donors (Lipinski definition) is 2. The van der Waals surface area contributed by atoms with E-state index in [1.807, 2.05) is 0 Å². The Morgan fingerprint density at radius 1 is 1.21 bits per heavy atom. The summed E-state index contributed by atoms with van der Waals surface area (Å²) in [6.45, 7) is 0.986. The summed E-state index contributed by atoms with van der Waals surface area (Å²) in [6, 6.07) is 5.07. The number of carbonyl (C=O) groups is 1. The van der Waals surface area contributed by atoms with Crippen LogP contribution in [0.15, 0.2) is 18.2 Å². The van der Waals surface area contributed by atoms with E-state index in [1.165, 1.54) is 0 Å². The highest BCUT2D eigenvalue weighted by molar-refractivity contribution is 5.98. The van der Waals surface area contributed by atoms with Crippen molar-refractivity contribution in [2.24, 2.45) is 0 Å². The van der Waals surface area contributed by atoms with E-state index in [2.05, 4.69) is 0 Å². The van der Waals surface area contributed by atoms with E-state index < -0.39 is 12.2 Å². The first-order valence-electron chi connectivity index (χ1n) is 6.15. The summed E-state index contributed by atoms with van der Waals surface area (Å²) < 4.78 is 10.4. The molecular weight excluding hydrogens is 250 g/mol. The predicted octanol–water partition coefficient (Wildman–Crippen LogP) is -0.365. The largest absolute Gasteiger partial charge is 0.454 e.